The zero-order valence-electron chi connectivity index (χ0n) is 11.0. The molecule has 1 unspecified atom stereocenters. The van der Waals surface area contributed by atoms with Crippen LogP contribution >= 0.6 is 31.9 Å². The molecule has 1 amide bonds. The lowest BCUT2D eigenvalue weighted by Crippen LogP contribution is -2.19. The van der Waals surface area contributed by atoms with Gasteiger partial charge in [-0.25, -0.2) is 4.39 Å². The minimum absolute atomic E-state index is 0.0542. The van der Waals surface area contributed by atoms with Crippen molar-refractivity contribution in [2.24, 2.45) is 0 Å². The third-order valence-corrected chi connectivity index (χ3v) is 5.29. The molecule has 1 N–H and O–H groups in total. The number of hydrogen-bond donors (Lipinski definition) is 1. The van der Waals surface area contributed by atoms with E-state index >= 15 is 0 Å². The number of aryl methyl sites for hydroxylation is 1. The predicted molar refractivity (Wildman–Crippen MR) is 88.3 cm³/mol. The third-order valence-electron chi connectivity index (χ3n) is 3.55. The van der Waals surface area contributed by atoms with Crippen molar-refractivity contribution in [1.82, 2.24) is 0 Å². The van der Waals surface area contributed by atoms with Crippen LogP contribution < -0.4 is 5.32 Å². The standard InChI is InChI=1S/C16H12Br2FNO/c17-13-4-3-11(19)8-12(13)16(18)10-1-5-14-9(7-10)2-6-15(21)20-14/h1,3-5,7-8,16H,2,6H2,(H,20,21). The van der Waals surface area contributed by atoms with Gasteiger partial charge in [-0.05, 0) is 47.4 Å². The molecule has 0 spiro atoms. The first-order valence-electron chi connectivity index (χ1n) is 6.56. The Morgan fingerprint density at radius 3 is 2.76 bits per heavy atom. The van der Waals surface area contributed by atoms with E-state index in [0.29, 0.717) is 6.42 Å². The summed E-state index contributed by atoms with van der Waals surface area (Å²) >= 11 is 7.09. The Hall–Kier alpha value is -1.20. The SMILES string of the molecule is O=C1CCc2cc(C(Br)c3cc(F)ccc3Br)ccc2N1. The van der Waals surface area contributed by atoms with Crippen LogP contribution in [0, 0.1) is 5.82 Å². The van der Waals surface area contributed by atoms with Crippen LogP contribution in [0.15, 0.2) is 40.9 Å². The van der Waals surface area contributed by atoms with Gasteiger partial charge in [0.25, 0.3) is 0 Å². The fourth-order valence-electron chi connectivity index (χ4n) is 2.45. The van der Waals surface area contributed by atoms with E-state index in [9.17, 15) is 9.18 Å². The van der Waals surface area contributed by atoms with E-state index < -0.39 is 0 Å². The molecule has 0 radical (unpaired) electrons. The number of carbonyl (C=O) groups is 1. The Morgan fingerprint density at radius 1 is 1.14 bits per heavy atom. The second-order valence-corrected chi connectivity index (χ2v) is 6.76. The molecule has 1 heterocycles. The lowest BCUT2D eigenvalue weighted by Gasteiger charge is -2.20. The van der Waals surface area contributed by atoms with Crippen molar-refractivity contribution in [3.05, 3.63) is 63.4 Å². The smallest absolute Gasteiger partial charge is 0.224 e. The van der Waals surface area contributed by atoms with E-state index in [4.69, 9.17) is 0 Å². The van der Waals surface area contributed by atoms with Gasteiger partial charge in [-0.1, -0.05) is 44.0 Å². The number of nitrogens with one attached hydrogen (secondary N) is 1. The lowest BCUT2D eigenvalue weighted by atomic mass is 9.97. The summed E-state index contributed by atoms with van der Waals surface area (Å²) in [5, 5.41) is 2.86. The Morgan fingerprint density at radius 2 is 1.95 bits per heavy atom. The number of alkyl halides is 1. The van der Waals surface area contributed by atoms with Crippen LogP contribution in [0.25, 0.3) is 0 Å². The first-order chi connectivity index (χ1) is 10.0. The minimum Gasteiger partial charge on any atom is -0.326 e. The highest BCUT2D eigenvalue weighted by molar-refractivity contribution is 9.11. The maximum atomic E-state index is 13.5. The van der Waals surface area contributed by atoms with Crippen molar-refractivity contribution in [1.29, 1.82) is 0 Å². The molecular formula is C16H12Br2FNO. The van der Waals surface area contributed by atoms with Crippen LogP contribution in [0.4, 0.5) is 10.1 Å². The van der Waals surface area contributed by atoms with Gasteiger partial charge < -0.3 is 5.32 Å². The molecule has 108 valence electrons. The highest BCUT2D eigenvalue weighted by atomic mass is 79.9. The van der Waals surface area contributed by atoms with Gasteiger partial charge in [0.05, 0.1) is 4.83 Å². The molecule has 3 rings (SSSR count). The number of hydrogen-bond acceptors (Lipinski definition) is 1. The highest BCUT2D eigenvalue weighted by Gasteiger charge is 2.19. The number of halogens is 3. The molecule has 5 heteroatoms. The molecule has 0 aliphatic carbocycles. The number of fused-ring (bicyclic) bond motifs is 1. The Balaban J connectivity index is 1.97. The second-order valence-electron chi connectivity index (χ2n) is 4.99. The Labute approximate surface area is 139 Å². The van der Waals surface area contributed by atoms with E-state index in [1.54, 1.807) is 6.07 Å². The molecule has 1 atom stereocenters. The molecular weight excluding hydrogens is 401 g/mol. The summed E-state index contributed by atoms with van der Waals surface area (Å²) < 4.78 is 14.3. The maximum absolute atomic E-state index is 13.5. The number of anilines is 1. The zero-order valence-corrected chi connectivity index (χ0v) is 14.2. The molecule has 2 aromatic rings. The van der Waals surface area contributed by atoms with Gasteiger partial charge in [-0.2, -0.15) is 0 Å². The highest BCUT2D eigenvalue weighted by Crippen LogP contribution is 2.37. The third kappa shape index (κ3) is 3.04. The maximum Gasteiger partial charge on any atom is 0.224 e. The number of benzene rings is 2. The van der Waals surface area contributed by atoms with E-state index in [1.165, 1.54) is 12.1 Å². The molecule has 0 saturated heterocycles. The lowest BCUT2D eigenvalue weighted by molar-refractivity contribution is -0.116. The van der Waals surface area contributed by atoms with Gasteiger partial charge in [0, 0.05) is 16.6 Å². The van der Waals surface area contributed by atoms with Gasteiger partial charge in [0.15, 0.2) is 0 Å². The van der Waals surface area contributed by atoms with E-state index in [2.05, 4.69) is 43.2 Å². The van der Waals surface area contributed by atoms with Crippen LogP contribution in [-0.2, 0) is 11.2 Å². The van der Waals surface area contributed by atoms with Crippen LogP contribution in [0.2, 0.25) is 0 Å². The fraction of sp³-hybridized carbons (Fsp3) is 0.188. The first kappa shape index (κ1) is 14.7. The summed E-state index contributed by atoms with van der Waals surface area (Å²) in [6.07, 6.45) is 1.24. The minimum atomic E-state index is -0.261. The Bertz CT molecular complexity index is 717. The van der Waals surface area contributed by atoms with E-state index in [0.717, 1.165) is 33.3 Å². The van der Waals surface area contributed by atoms with Crippen molar-refractivity contribution in [3.63, 3.8) is 0 Å². The van der Waals surface area contributed by atoms with Crippen molar-refractivity contribution < 1.29 is 9.18 Å². The molecule has 0 fully saturated rings. The van der Waals surface area contributed by atoms with Gasteiger partial charge in [-0.3, -0.25) is 4.79 Å². The van der Waals surface area contributed by atoms with E-state index in [1.807, 2.05) is 12.1 Å². The Kier molecular flexibility index (Phi) is 4.13. The molecule has 2 nitrogen and oxygen atoms in total. The molecule has 0 aromatic heterocycles. The van der Waals surface area contributed by atoms with Crippen LogP contribution in [0.1, 0.15) is 27.9 Å². The summed E-state index contributed by atoms with van der Waals surface area (Å²) in [4.78, 5) is 11.3. The van der Waals surface area contributed by atoms with Crippen LogP contribution in [0.5, 0.6) is 0 Å². The van der Waals surface area contributed by atoms with Crippen molar-refractivity contribution >= 4 is 43.5 Å². The quantitative estimate of drug-likeness (QED) is 0.694. The largest absolute Gasteiger partial charge is 0.326 e. The first-order valence-corrected chi connectivity index (χ1v) is 8.27. The monoisotopic (exact) mass is 411 g/mol. The van der Waals surface area contributed by atoms with Gasteiger partial charge in [0.2, 0.25) is 5.91 Å². The average molecular weight is 413 g/mol. The van der Waals surface area contributed by atoms with E-state index in [-0.39, 0.29) is 16.6 Å². The molecule has 0 bridgehead atoms. The van der Waals surface area contributed by atoms with Crippen LogP contribution in [0.3, 0.4) is 0 Å². The summed E-state index contributed by atoms with van der Waals surface area (Å²) in [6.45, 7) is 0. The summed E-state index contributed by atoms with van der Waals surface area (Å²) in [6, 6.07) is 10.6. The summed E-state index contributed by atoms with van der Waals surface area (Å²) in [7, 11) is 0. The summed E-state index contributed by atoms with van der Waals surface area (Å²) in [5.41, 5.74) is 3.86. The van der Waals surface area contributed by atoms with Crippen molar-refractivity contribution in [2.75, 3.05) is 5.32 Å². The van der Waals surface area contributed by atoms with Gasteiger partial charge >= 0.3 is 0 Å². The molecule has 1 aliphatic heterocycles. The number of rotatable bonds is 2. The van der Waals surface area contributed by atoms with Gasteiger partial charge in [-0.15, -0.1) is 0 Å². The van der Waals surface area contributed by atoms with Crippen molar-refractivity contribution in [2.45, 2.75) is 17.7 Å². The van der Waals surface area contributed by atoms with Gasteiger partial charge in [0.1, 0.15) is 5.82 Å². The molecule has 0 saturated carbocycles. The molecule has 1 aliphatic rings. The molecule has 21 heavy (non-hydrogen) atoms. The number of amides is 1. The van der Waals surface area contributed by atoms with Crippen LogP contribution in [-0.4, -0.2) is 5.91 Å². The second kappa shape index (κ2) is 5.89. The fourth-order valence-corrected chi connectivity index (χ4v) is 3.90. The zero-order chi connectivity index (χ0) is 15.0. The number of carbonyl (C=O) groups excluding carboxylic acids is 1. The topological polar surface area (TPSA) is 29.1 Å². The normalized spacial score (nSPS) is 15.3. The van der Waals surface area contributed by atoms with Crippen molar-refractivity contribution in [3.8, 4) is 0 Å². The average Bonchev–Trinajstić information content (AvgIpc) is 2.48. The molecule has 2 aromatic carbocycles. The summed E-state index contributed by atoms with van der Waals surface area (Å²) in [5.74, 6) is -0.207. The predicted octanol–water partition coefficient (Wildman–Crippen LogP) is 4.96.